The lowest BCUT2D eigenvalue weighted by Gasteiger charge is -2.06. The van der Waals surface area contributed by atoms with Crippen molar-refractivity contribution in [3.8, 4) is 0 Å². The molecule has 0 saturated carbocycles. The first-order valence-corrected chi connectivity index (χ1v) is 6.12. The van der Waals surface area contributed by atoms with Crippen LogP contribution in [0.5, 0.6) is 0 Å². The Morgan fingerprint density at radius 3 is 2.67 bits per heavy atom. The second-order valence-electron chi connectivity index (χ2n) is 3.73. The molecular weight excluding hydrogens is 206 g/mol. The van der Waals surface area contributed by atoms with E-state index in [9.17, 15) is 0 Å². The summed E-state index contributed by atoms with van der Waals surface area (Å²) < 4.78 is 0. The number of hydrogen-bond acceptors (Lipinski definition) is 3. The van der Waals surface area contributed by atoms with Crippen molar-refractivity contribution in [3.63, 3.8) is 0 Å². The predicted molar refractivity (Wildman–Crippen MR) is 66.5 cm³/mol. The summed E-state index contributed by atoms with van der Waals surface area (Å²) in [4.78, 5) is 10.1. The number of thiazole rings is 1. The highest BCUT2D eigenvalue weighted by Gasteiger charge is 2.11. The van der Waals surface area contributed by atoms with Gasteiger partial charge < -0.3 is 5.73 Å². The minimum atomic E-state index is 0.141. The molecule has 1 heterocycles. The van der Waals surface area contributed by atoms with Gasteiger partial charge >= 0.3 is 0 Å². The van der Waals surface area contributed by atoms with Gasteiger partial charge in [0.05, 0.1) is 27.5 Å². The van der Waals surface area contributed by atoms with Crippen molar-refractivity contribution in [2.45, 2.75) is 46.6 Å². The third-order valence-electron chi connectivity index (χ3n) is 2.18. The number of rotatable bonds is 4. The van der Waals surface area contributed by atoms with Crippen LogP contribution in [0.15, 0.2) is 4.99 Å². The molecule has 0 saturated heterocycles. The monoisotopic (exact) mass is 225 g/mol. The van der Waals surface area contributed by atoms with Crippen molar-refractivity contribution in [3.05, 3.63) is 15.6 Å². The van der Waals surface area contributed by atoms with Crippen LogP contribution < -0.4 is 5.73 Å². The minimum Gasteiger partial charge on any atom is -0.387 e. The molecule has 0 amide bonds. The number of aliphatic imine (C=N–C) groups is 1. The van der Waals surface area contributed by atoms with Crippen molar-refractivity contribution in [2.24, 2.45) is 10.7 Å². The maximum atomic E-state index is 5.81. The van der Waals surface area contributed by atoms with Crippen molar-refractivity contribution in [2.75, 3.05) is 0 Å². The van der Waals surface area contributed by atoms with Crippen LogP contribution in [-0.4, -0.2) is 10.8 Å². The molecule has 84 valence electrons. The van der Waals surface area contributed by atoms with Gasteiger partial charge in [0.2, 0.25) is 0 Å². The van der Waals surface area contributed by atoms with Crippen molar-refractivity contribution < 1.29 is 0 Å². The van der Waals surface area contributed by atoms with Crippen LogP contribution in [0.4, 0.5) is 0 Å². The Morgan fingerprint density at radius 1 is 1.53 bits per heavy atom. The van der Waals surface area contributed by atoms with E-state index in [-0.39, 0.29) is 6.04 Å². The van der Waals surface area contributed by atoms with Gasteiger partial charge in [0, 0.05) is 6.42 Å². The number of aromatic nitrogens is 1. The van der Waals surface area contributed by atoms with E-state index in [0.29, 0.717) is 0 Å². The maximum absolute atomic E-state index is 5.81. The van der Waals surface area contributed by atoms with E-state index < -0.39 is 0 Å². The SMILES string of the molecule is CCCC(N)=NC(C)c1sc(C)nc1C. The Morgan fingerprint density at radius 2 is 2.20 bits per heavy atom. The largest absolute Gasteiger partial charge is 0.387 e. The van der Waals surface area contributed by atoms with Crippen LogP contribution >= 0.6 is 11.3 Å². The number of aryl methyl sites for hydroxylation is 2. The molecule has 1 unspecified atom stereocenters. The predicted octanol–water partition coefficient (Wildman–Crippen LogP) is 2.98. The molecule has 15 heavy (non-hydrogen) atoms. The Labute approximate surface area is 95.4 Å². The van der Waals surface area contributed by atoms with E-state index in [4.69, 9.17) is 5.73 Å². The average Bonchev–Trinajstić information content (AvgIpc) is 2.45. The lowest BCUT2D eigenvalue weighted by atomic mass is 10.2. The number of nitrogens with two attached hydrogens (primary N) is 1. The third-order valence-corrected chi connectivity index (χ3v) is 3.43. The lowest BCUT2D eigenvalue weighted by Crippen LogP contribution is -2.12. The smallest absolute Gasteiger partial charge is 0.0944 e. The van der Waals surface area contributed by atoms with E-state index in [0.717, 1.165) is 29.4 Å². The first kappa shape index (κ1) is 12.2. The molecule has 0 radical (unpaired) electrons. The zero-order chi connectivity index (χ0) is 11.4. The van der Waals surface area contributed by atoms with Crippen LogP contribution in [-0.2, 0) is 0 Å². The average molecular weight is 225 g/mol. The molecule has 1 rings (SSSR count). The summed E-state index contributed by atoms with van der Waals surface area (Å²) >= 11 is 1.71. The normalized spacial score (nSPS) is 14.3. The molecule has 2 N–H and O–H groups in total. The standard InChI is InChI=1S/C11H19N3S/c1-5-6-10(12)14-8(3)11-7(2)13-9(4)15-11/h8H,5-6H2,1-4H3,(H2,12,14). The summed E-state index contributed by atoms with van der Waals surface area (Å²) in [6.07, 6.45) is 1.92. The van der Waals surface area contributed by atoms with E-state index in [1.54, 1.807) is 11.3 Å². The maximum Gasteiger partial charge on any atom is 0.0944 e. The minimum absolute atomic E-state index is 0.141. The van der Waals surface area contributed by atoms with Crippen molar-refractivity contribution in [1.82, 2.24) is 4.98 Å². The third kappa shape index (κ3) is 3.30. The van der Waals surface area contributed by atoms with Crippen LogP contribution in [0.25, 0.3) is 0 Å². The first-order chi connectivity index (χ1) is 7.04. The van der Waals surface area contributed by atoms with Gasteiger partial charge in [-0.05, 0) is 27.2 Å². The summed E-state index contributed by atoms with van der Waals surface area (Å²) in [5.41, 5.74) is 6.90. The molecule has 4 heteroatoms. The van der Waals surface area contributed by atoms with Gasteiger partial charge in [-0.15, -0.1) is 11.3 Å². The van der Waals surface area contributed by atoms with Gasteiger partial charge in [-0.3, -0.25) is 4.99 Å². The van der Waals surface area contributed by atoms with Crippen molar-refractivity contribution >= 4 is 17.2 Å². The van der Waals surface area contributed by atoms with Gasteiger partial charge in [0.1, 0.15) is 0 Å². The number of hydrogen-bond donors (Lipinski definition) is 1. The first-order valence-electron chi connectivity index (χ1n) is 5.30. The molecule has 0 aliphatic heterocycles. The molecule has 0 aliphatic rings. The Balaban J connectivity index is 2.80. The summed E-state index contributed by atoms with van der Waals surface area (Å²) in [6.45, 7) is 8.23. The molecular formula is C11H19N3S. The molecule has 0 aliphatic carbocycles. The second-order valence-corrected chi connectivity index (χ2v) is 4.96. The zero-order valence-corrected chi connectivity index (χ0v) is 10.7. The Kier molecular flexibility index (Phi) is 4.27. The zero-order valence-electron chi connectivity index (χ0n) is 9.87. The van der Waals surface area contributed by atoms with E-state index in [1.165, 1.54) is 4.88 Å². The van der Waals surface area contributed by atoms with Crippen molar-refractivity contribution in [1.29, 1.82) is 0 Å². The van der Waals surface area contributed by atoms with Crippen LogP contribution in [0, 0.1) is 13.8 Å². The molecule has 1 aromatic heterocycles. The van der Waals surface area contributed by atoms with Crippen LogP contribution in [0.3, 0.4) is 0 Å². The van der Waals surface area contributed by atoms with E-state index in [1.807, 2.05) is 13.8 Å². The molecule has 1 aromatic rings. The summed E-state index contributed by atoms with van der Waals surface area (Å²) in [7, 11) is 0. The summed E-state index contributed by atoms with van der Waals surface area (Å²) in [5.74, 6) is 0.746. The van der Waals surface area contributed by atoms with Gasteiger partial charge in [-0.25, -0.2) is 4.98 Å². The molecule has 0 spiro atoms. The highest BCUT2D eigenvalue weighted by Crippen LogP contribution is 2.27. The quantitative estimate of drug-likeness (QED) is 0.632. The topological polar surface area (TPSA) is 51.3 Å². The number of nitrogens with zero attached hydrogens (tertiary/aromatic N) is 2. The van der Waals surface area contributed by atoms with Gasteiger partial charge in [-0.1, -0.05) is 6.92 Å². The molecule has 3 nitrogen and oxygen atoms in total. The highest BCUT2D eigenvalue weighted by atomic mass is 32.1. The molecule has 0 bridgehead atoms. The summed E-state index contributed by atoms with van der Waals surface area (Å²) in [6, 6.07) is 0.141. The van der Waals surface area contributed by atoms with Gasteiger partial charge in [-0.2, -0.15) is 0 Å². The fourth-order valence-electron chi connectivity index (χ4n) is 1.56. The van der Waals surface area contributed by atoms with Gasteiger partial charge in [0.25, 0.3) is 0 Å². The van der Waals surface area contributed by atoms with Gasteiger partial charge in [0.15, 0.2) is 0 Å². The fourth-order valence-corrected chi connectivity index (χ4v) is 2.48. The lowest BCUT2D eigenvalue weighted by molar-refractivity contribution is 0.812. The van der Waals surface area contributed by atoms with E-state index in [2.05, 4.69) is 23.8 Å². The molecule has 0 aromatic carbocycles. The Bertz CT molecular complexity index is 355. The van der Waals surface area contributed by atoms with Crippen LogP contribution in [0.2, 0.25) is 0 Å². The van der Waals surface area contributed by atoms with Crippen LogP contribution in [0.1, 0.15) is 48.3 Å². The fraction of sp³-hybridized carbons (Fsp3) is 0.636. The Hall–Kier alpha value is -0.900. The highest BCUT2D eigenvalue weighted by molar-refractivity contribution is 7.11. The molecule has 0 fully saturated rings. The molecule has 1 atom stereocenters. The van der Waals surface area contributed by atoms with E-state index >= 15 is 0 Å². The second kappa shape index (κ2) is 5.26. The number of amidine groups is 1. The summed E-state index contributed by atoms with van der Waals surface area (Å²) in [5, 5.41) is 1.10.